The van der Waals surface area contributed by atoms with Crippen molar-refractivity contribution in [2.45, 2.75) is 15.5 Å². The Kier molecular flexibility index (Phi) is 8.65. The number of carbonyl (C=O) groups excluding carboxylic acids is 2. The van der Waals surface area contributed by atoms with Crippen LogP contribution < -0.4 is 10.0 Å². The first-order valence-corrected chi connectivity index (χ1v) is 10.9. The summed E-state index contributed by atoms with van der Waals surface area (Å²) in [6, 6.07) is 8.38. The Hall–Kier alpha value is -2.83. The minimum atomic E-state index is -4.24. The van der Waals surface area contributed by atoms with E-state index in [-0.39, 0.29) is 34.5 Å². The van der Waals surface area contributed by atoms with Crippen molar-refractivity contribution in [3.63, 3.8) is 0 Å². The number of thioether (sulfide) groups is 1. The molecular weight excluding hydrogens is 457 g/mol. The summed E-state index contributed by atoms with van der Waals surface area (Å²) in [6.45, 7) is 2.42. The van der Waals surface area contributed by atoms with Crippen LogP contribution in [-0.4, -0.2) is 39.2 Å². The summed E-state index contributed by atoms with van der Waals surface area (Å²) < 4.78 is 70.2. The average Bonchev–Trinajstić information content (AvgIpc) is 2.72. The highest BCUT2D eigenvalue weighted by Gasteiger charge is 2.21. The van der Waals surface area contributed by atoms with Crippen LogP contribution >= 0.6 is 11.8 Å². The summed E-state index contributed by atoms with van der Waals surface area (Å²) >= 11 is 0.239. The van der Waals surface area contributed by atoms with E-state index in [1.54, 1.807) is 0 Å². The molecule has 0 aliphatic rings. The van der Waals surface area contributed by atoms with Gasteiger partial charge >= 0.3 is 5.97 Å². The number of nitrogens with one attached hydrogen (secondary N) is 2. The van der Waals surface area contributed by atoms with Crippen molar-refractivity contribution in [1.29, 1.82) is 0 Å². The highest BCUT2D eigenvalue weighted by atomic mass is 32.2. The van der Waals surface area contributed by atoms with Gasteiger partial charge in [0.15, 0.2) is 6.61 Å². The molecule has 0 saturated heterocycles. The highest BCUT2D eigenvalue weighted by molar-refractivity contribution is 7.99. The summed E-state index contributed by atoms with van der Waals surface area (Å²) in [5, 5.41) is 2.35. The molecule has 7 nitrogen and oxygen atoms in total. The van der Waals surface area contributed by atoms with Crippen molar-refractivity contribution < 1.29 is 35.9 Å². The van der Waals surface area contributed by atoms with Crippen molar-refractivity contribution in [2.75, 3.05) is 18.5 Å². The number of halogens is 3. The fraction of sp³-hybridized carbons (Fsp3) is 0.158. The van der Waals surface area contributed by atoms with E-state index in [0.29, 0.717) is 0 Å². The number of alkyl halides is 2. The van der Waals surface area contributed by atoms with E-state index in [1.807, 2.05) is 0 Å². The molecule has 0 spiro atoms. The Bertz CT molecular complexity index is 1080. The molecule has 2 aromatic rings. The number of esters is 1. The lowest BCUT2D eigenvalue weighted by molar-refractivity contribution is -0.119. The zero-order chi connectivity index (χ0) is 23.0. The molecule has 31 heavy (non-hydrogen) atoms. The van der Waals surface area contributed by atoms with E-state index in [2.05, 4.69) is 16.6 Å². The van der Waals surface area contributed by atoms with Gasteiger partial charge in [0.2, 0.25) is 10.0 Å². The number of benzene rings is 2. The lowest BCUT2D eigenvalue weighted by atomic mass is 10.2. The molecule has 0 fully saturated rings. The SMILES string of the molecule is C=CCNS(=O)(=O)c1cc(C(=O)OCC(=O)Nc2ccccc2SC(F)F)ccc1F. The van der Waals surface area contributed by atoms with Crippen LogP contribution in [0.4, 0.5) is 18.9 Å². The van der Waals surface area contributed by atoms with Gasteiger partial charge in [-0.05, 0) is 30.3 Å². The van der Waals surface area contributed by atoms with Crippen LogP contribution in [0.5, 0.6) is 0 Å². The second kappa shape index (κ2) is 11.0. The Morgan fingerprint density at radius 2 is 1.90 bits per heavy atom. The Morgan fingerprint density at radius 3 is 2.58 bits per heavy atom. The van der Waals surface area contributed by atoms with Crippen molar-refractivity contribution in [1.82, 2.24) is 4.72 Å². The first-order chi connectivity index (χ1) is 14.6. The van der Waals surface area contributed by atoms with Gasteiger partial charge in [-0.2, -0.15) is 8.78 Å². The summed E-state index contributed by atoms with van der Waals surface area (Å²) in [5.41, 5.74) is -0.195. The molecule has 0 saturated carbocycles. The van der Waals surface area contributed by atoms with Gasteiger partial charge in [-0.15, -0.1) is 6.58 Å². The molecule has 0 heterocycles. The van der Waals surface area contributed by atoms with Gasteiger partial charge in [0, 0.05) is 11.4 Å². The fourth-order valence-corrected chi connectivity index (χ4v) is 3.95. The van der Waals surface area contributed by atoms with Crippen molar-refractivity contribution >= 4 is 39.3 Å². The Labute approximate surface area is 180 Å². The smallest absolute Gasteiger partial charge is 0.338 e. The molecule has 12 heteroatoms. The van der Waals surface area contributed by atoms with E-state index < -0.39 is 45.0 Å². The van der Waals surface area contributed by atoms with Gasteiger partial charge in [0.25, 0.3) is 11.7 Å². The predicted molar refractivity (Wildman–Crippen MR) is 109 cm³/mol. The van der Waals surface area contributed by atoms with E-state index >= 15 is 0 Å². The number of hydrogen-bond donors (Lipinski definition) is 2. The minimum Gasteiger partial charge on any atom is -0.452 e. The molecule has 2 aromatic carbocycles. The number of para-hydroxylation sites is 1. The third kappa shape index (κ3) is 7.12. The molecule has 0 aromatic heterocycles. The van der Waals surface area contributed by atoms with Gasteiger partial charge in [-0.1, -0.05) is 30.0 Å². The summed E-state index contributed by atoms with van der Waals surface area (Å²) in [4.78, 5) is 23.5. The molecule has 0 radical (unpaired) electrons. The number of rotatable bonds is 10. The Morgan fingerprint density at radius 1 is 1.19 bits per heavy atom. The molecular formula is C19H17F3N2O5S2. The van der Waals surface area contributed by atoms with Gasteiger partial charge in [0.1, 0.15) is 10.7 Å². The van der Waals surface area contributed by atoms with Gasteiger partial charge in [-0.25, -0.2) is 22.3 Å². The molecule has 0 bridgehead atoms. The quantitative estimate of drug-likeness (QED) is 0.311. The minimum absolute atomic E-state index is 0.109. The van der Waals surface area contributed by atoms with Gasteiger partial charge in [-0.3, -0.25) is 4.79 Å². The predicted octanol–water partition coefficient (Wildman–Crippen LogP) is 3.40. The monoisotopic (exact) mass is 474 g/mol. The first kappa shape index (κ1) is 24.4. The van der Waals surface area contributed by atoms with E-state index in [1.165, 1.54) is 30.3 Å². The molecule has 0 aliphatic carbocycles. The molecule has 0 aliphatic heterocycles. The molecule has 2 rings (SSSR count). The van der Waals surface area contributed by atoms with Crippen LogP contribution in [0.25, 0.3) is 0 Å². The molecule has 0 atom stereocenters. The maximum atomic E-state index is 13.9. The summed E-state index contributed by atoms with van der Waals surface area (Å²) in [7, 11) is -4.24. The number of hydrogen-bond acceptors (Lipinski definition) is 6. The second-order valence-corrected chi connectivity index (χ2v) is 8.55. The van der Waals surface area contributed by atoms with E-state index in [9.17, 15) is 31.2 Å². The normalized spacial score (nSPS) is 11.2. The van der Waals surface area contributed by atoms with Crippen LogP contribution in [-0.2, 0) is 19.6 Å². The second-order valence-electron chi connectivity index (χ2n) is 5.78. The zero-order valence-corrected chi connectivity index (χ0v) is 17.4. The van der Waals surface area contributed by atoms with Gasteiger partial charge < -0.3 is 10.1 Å². The van der Waals surface area contributed by atoms with E-state index in [4.69, 9.17) is 4.74 Å². The number of amides is 1. The number of ether oxygens (including phenoxy) is 1. The zero-order valence-electron chi connectivity index (χ0n) is 15.8. The van der Waals surface area contributed by atoms with E-state index in [0.717, 1.165) is 18.2 Å². The van der Waals surface area contributed by atoms with Crippen LogP contribution in [0.1, 0.15) is 10.4 Å². The van der Waals surface area contributed by atoms with Crippen LogP contribution in [0.2, 0.25) is 0 Å². The number of anilines is 1. The maximum absolute atomic E-state index is 13.9. The third-order valence-electron chi connectivity index (χ3n) is 3.59. The topological polar surface area (TPSA) is 102 Å². The largest absolute Gasteiger partial charge is 0.452 e. The Balaban J connectivity index is 2.06. The van der Waals surface area contributed by atoms with Crippen LogP contribution in [0, 0.1) is 5.82 Å². The number of carbonyl (C=O) groups is 2. The molecule has 1 amide bonds. The highest BCUT2D eigenvalue weighted by Crippen LogP contribution is 2.31. The van der Waals surface area contributed by atoms with Gasteiger partial charge in [0.05, 0.1) is 11.3 Å². The lowest BCUT2D eigenvalue weighted by Crippen LogP contribution is -2.25. The van der Waals surface area contributed by atoms with Crippen molar-refractivity contribution in [3.05, 3.63) is 66.5 Å². The van der Waals surface area contributed by atoms with Crippen LogP contribution in [0.3, 0.4) is 0 Å². The summed E-state index contributed by atoms with van der Waals surface area (Å²) in [6.07, 6.45) is 1.25. The maximum Gasteiger partial charge on any atom is 0.338 e. The third-order valence-corrected chi connectivity index (χ3v) is 5.81. The summed E-state index contributed by atoms with van der Waals surface area (Å²) in [5.74, 6) is -5.66. The fourth-order valence-electron chi connectivity index (χ4n) is 2.25. The average molecular weight is 474 g/mol. The molecule has 166 valence electrons. The molecule has 0 unspecified atom stereocenters. The molecule has 2 N–H and O–H groups in total. The van der Waals surface area contributed by atoms with Crippen molar-refractivity contribution in [3.8, 4) is 0 Å². The number of sulfonamides is 1. The standard InChI is InChI=1S/C19H17F3N2O5S2/c1-2-9-23-31(27,28)16-10-12(7-8-13(16)20)18(26)29-11-17(25)24-14-5-3-4-6-15(14)30-19(21)22/h2-8,10,19,23H,1,9,11H2,(H,24,25). The van der Waals surface area contributed by atoms with Crippen LogP contribution in [0.15, 0.2) is 64.9 Å². The van der Waals surface area contributed by atoms with Crippen molar-refractivity contribution in [2.24, 2.45) is 0 Å². The first-order valence-electron chi connectivity index (χ1n) is 8.55. The lowest BCUT2D eigenvalue weighted by Gasteiger charge is -2.11.